The number of aromatic nitrogens is 3. The van der Waals surface area contributed by atoms with Crippen LogP contribution in [0.2, 0.25) is 0 Å². The van der Waals surface area contributed by atoms with Crippen molar-refractivity contribution in [3.8, 4) is 45.0 Å². The van der Waals surface area contributed by atoms with Gasteiger partial charge in [0.05, 0.1) is 25.6 Å². The summed E-state index contributed by atoms with van der Waals surface area (Å²) in [5.74, 6) is 1.56. The van der Waals surface area contributed by atoms with Crippen LogP contribution in [0.15, 0.2) is 60.0 Å². The maximum absolute atomic E-state index is 10.3. The van der Waals surface area contributed by atoms with Gasteiger partial charge in [-0.05, 0) is 36.4 Å². The topological polar surface area (TPSA) is 69.4 Å². The highest BCUT2D eigenvalue weighted by molar-refractivity contribution is 7.12. The lowest BCUT2D eigenvalue weighted by Gasteiger charge is -2.01. The van der Waals surface area contributed by atoms with Gasteiger partial charge in [0.25, 0.3) is 0 Å². The Labute approximate surface area is 160 Å². The fourth-order valence-electron chi connectivity index (χ4n) is 2.69. The van der Waals surface area contributed by atoms with Crippen LogP contribution in [0.25, 0.3) is 27.6 Å². The van der Waals surface area contributed by atoms with E-state index in [1.54, 1.807) is 20.3 Å². The Hall–Kier alpha value is -3.32. The zero-order chi connectivity index (χ0) is 18.8. The van der Waals surface area contributed by atoms with Crippen LogP contribution in [0, 0.1) is 0 Å². The van der Waals surface area contributed by atoms with E-state index in [0.29, 0.717) is 10.8 Å². The average Bonchev–Trinajstić information content (AvgIpc) is 3.35. The SMILES string of the molecule is COc1ccc(-c2csc(-n3nc(-c4cccc(OC)c4)cc3O)n2)cc1. The maximum atomic E-state index is 10.3. The predicted molar refractivity (Wildman–Crippen MR) is 105 cm³/mol. The molecule has 4 rings (SSSR count). The highest BCUT2D eigenvalue weighted by atomic mass is 32.1. The Morgan fingerprint density at radius 3 is 2.41 bits per heavy atom. The van der Waals surface area contributed by atoms with Gasteiger partial charge in [-0.25, -0.2) is 4.98 Å². The van der Waals surface area contributed by atoms with E-state index in [4.69, 9.17) is 9.47 Å². The molecule has 0 fully saturated rings. The van der Waals surface area contributed by atoms with E-state index < -0.39 is 0 Å². The predicted octanol–water partition coefficient (Wildman–Crippen LogP) is 4.39. The van der Waals surface area contributed by atoms with E-state index in [9.17, 15) is 5.11 Å². The molecular formula is C20H17N3O3S. The molecule has 0 aliphatic carbocycles. The van der Waals surface area contributed by atoms with Crippen molar-refractivity contribution in [2.24, 2.45) is 0 Å². The smallest absolute Gasteiger partial charge is 0.216 e. The molecule has 27 heavy (non-hydrogen) atoms. The number of methoxy groups -OCH3 is 2. The maximum Gasteiger partial charge on any atom is 0.216 e. The van der Waals surface area contributed by atoms with E-state index in [1.807, 2.05) is 53.9 Å². The quantitative estimate of drug-likeness (QED) is 0.557. The molecule has 2 aromatic carbocycles. The summed E-state index contributed by atoms with van der Waals surface area (Å²) in [7, 11) is 3.25. The van der Waals surface area contributed by atoms with Gasteiger partial charge in [-0.2, -0.15) is 9.78 Å². The minimum atomic E-state index is 0.0310. The van der Waals surface area contributed by atoms with Gasteiger partial charge in [-0.15, -0.1) is 11.3 Å². The third-order valence-electron chi connectivity index (χ3n) is 4.12. The first-order chi connectivity index (χ1) is 13.2. The fourth-order valence-corrected chi connectivity index (χ4v) is 3.48. The molecule has 1 N–H and O–H groups in total. The highest BCUT2D eigenvalue weighted by Gasteiger charge is 2.14. The monoisotopic (exact) mass is 379 g/mol. The van der Waals surface area contributed by atoms with E-state index in [1.165, 1.54) is 16.0 Å². The molecule has 7 heteroatoms. The lowest BCUT2D eigenvalue weighted by atomic mass is 10.1. The summed E-state index contributed by atoms with van der Waals surface area (Å²) in [6.07, 6.45) is 0. The molecule has 0 unspecified atom stereocenters. The van der Waals surface area contributed by atoms with E-state index in [0.717, 1.165) is 28.3 Å². The third-order valence-corrected chi connectivity index (χ3v) is 4.93. The molecule has 136 valence electrons. The number of nitrogens with zero attached hydrogens (tertiary/aromatic N) is 3. The van der Waals surface area contributed by atoms with Crippen molar-refractivity contribution < 1.29 is 14.6 Å². The molecular weight excluding hydrogens is 362 g/mol. The van der Waals surface area contributed by atoms with Crippen LogP contribution in [0.4, 0.5) is 0 Å². The third kappa shape index (κ3) is 3.37. The van der Waals surface area contributed by atoms with Gasteiger partial charge in [-0.3, -0.25) is 0 Å². The van der Waals surface area contributed by atoms with Crippen molar-refractivity contribution in [1.82, 2.24) is 14.8 Å². The summed E-state index contributed by atoms with van der Waals surface area (Å²) < 4.78 is 11.9. The van der Waals surface area contributed by atoms with Gasteiger partial charge in [0, 0.05) is 22.6 Å². The van der Waals surface area contributed by atoms with Gasteiger partial charge < -0.3 is 14.6 Å². The van der Waals surface area contributed by atoms with Crippen LogP contribution in [0.3, 0.4) is 0 Å². The van der Waals surface area contributed by atoms with Gasteiger partial charge in [0.15, 0.2) is 0 Å². The van der Waals surface area contributed by atoms with Crippen LogP contribution < -0.4 is 9.47 Å². The second-order valence-electron chi connectivity index (χ2n) is 5.78. The van der Waals surface area contributed by atoms with Crippen molar-refractivity contribution in [3.05, 3.63) is 60.0 Å². The van der Waals surface area contributed by atoms with Gasteiger partial charge in [-0.1, -0.05) is 12.1 Å². The molecule has 0 spiro atoms. The Balaban J connectivity index is 1.66. The van der Waals surface area contributed by atoms with Gasteiger partial charge >= 0.3 is 0 Å². The number of rotatable bonds is 5. The van der Waals surface area contributed by atoms with Crippen molar-refractivity contribution in [2.75, 3.05) is 14.2 Å². The minimum absolute atomic E-state index is 0.0310. The molecule has 2 aromatic heterocycles. The standard InChI is InChI=1S/C20H17N3O3S/c1-25-15-8-6-13(7-9-15)18-12-27-20(21-18)23-19(24)11-17(22-23)14-4-3-5-16(10-14)26-2/h3-12,24H,1-2H3. The molecule has 6 nitrogen and oxygen atoms in total. The number of hydrogen-bond donors (Lipinski definition) is 1. The first-order valence-corrected chi connectivity index (χ1v) is 9.09. The molecule has 0 bridgehead atoms. The van der Waals surface area contributed by atoms with Crippen LogP contribution in [0.1, 0.15) is 0 Å². The molecule has 0 aliphatic heterocycles. The van der Waals surface area contributed by atoms with Gasteiger partial charge in [0.1, 0.15) is 11.5 Å². The summed E-state index contributed by atoms with van der Waals surface area (Å²) in [4.78, 5) is 4.60. The van der Waals surface area contributed by atoms with Crippen molar-refractivity contribution >= 4 is 11.3 Å². The number of ether oxygens (including phenoxy) is 2. The second kappa shape index (κ2) is 7.13. The largest absolute Gasteiger partial charge is 0.497 e. The van der Waals surface area contributed by atoms with Crippen molar-refractivity contribution in [1.29, 1.82) is 0 Å². The van der Waals surface area contributed by atoms with E-state index in [-0.39, 0.29) is 5.88 Å². The van der Waals surface area contributed by atoms with E-state index in [2.05, 4.69) is 10.1 Å². The molecule has 0 radical (unpaired) electrons. The number of benzene rings is 2. The molecule has 4 aromatic rings. The minimum Gasteiger partial charge on any atom is -0.497 e. The first-order valence-electron chi connectivity index (χ1n) is 8.21. The lowest BCUT2D eigenvalue weighted by Crippen LogP contribution is -1.95. The Bertz CT molecular complexity index is 1070. The van der Waals surface area contributed by atoms with E-state index >= 15 is 0 Å². The zero-order valence-corrected chi connectivity index (χ0v) is 15.6. The molecule has 0 amide bonds. The molecule has 2 heterocycles. The normalized spacial score (nSPS) is 10.7. The average molecular weight is 379 g/mol. The lowest BCUT2D eigenvalue weighted by molar-refractivity contribution is 0.415. The molecule has 0 atom stereocenters. The van der Waals surface area contributed by atoms with Gasteiger partial charge in [0.2, 0.25) is 11.0 Å². The number of hydrogen-bond acceptors (Lipinski definition) is 6. The number of thiazole rings is 1. The van der Waals surface area contributed by atoms with Crippen molar-refractivity contribution in [2.45, 2.75) is 0 Å². The number of aromatic hydroxyl groups is 1. The van der Waals surface area contributed by atoms with Crippen LogP contribution in [-0.2, 0) is 0 Å². The Morgan fingerprint density at radius 2 is 1.67 bits per heavy atom. The van der Waals surface area contributed by atoms with Crippen LogP contribution in [-0.4, -0.2) is 34.1 Å². The summed E-state index contributed by atoms with van der Waals surface area (Å²) in [5, 5.41) is 17.4. The van der Waals surface area contributed by atoms with Crippen LogP contribution in [0.5, 0.6) is 17.4 Å². The summed E-state index contributed by atoms with van der Waals surface area (Å²) in [6, 6.07) is 16.8. The van der Waals surface area contributed by atoms with Crippen molar-refractivity contribution in [3.63, 3.8) is 0 Å². The summed E-state index contributed by atoms with van der Waals surface area (Å²) in [6.45, 7) is 0. The van der Waals surface area contributed by atoms with Crippen LogP contribution >= 0.6 is 11.3 Å². The zero-order valence-electron chi connectivity index (χ0n) is 14.8. The Kier molecular flexibility index (Phi) is 4.52. The second-order valence-corrected chi connectivity index (χ2v) is 6.61. The fraction of sp³-hybridized carbons (Fsp3) is 0.100. The molecule has 0 saturated carbocycles. The first kappa shape index (κ1) is 17.1. The molecule has 0 saturated heterocycles. The summed E-state index contributed by atoms with van der Waals surface area (Å²) in [5.41, 5.74) is 3.29. The molecule has 0 aliphatic rings. The summed E-state index contributed by atoms with van der Waals surface area (Å²) >= 11 is 1.41. The highest BCUT2D eigenvalue weighted by Crippen LogP contribution is 2.31. The Morgan fingerprint density at radius 1 is 0.889 bits per heavy atom.